The van der Waals surface area contributed by atoms with Crippen molar-refractivity contribution < 1.29 is 4.79 Å². The maximum atomic E-state index is 12.2. The minimum absolute atomic E-state index is 0.0140. The zero-order valence-electron chi connectivity index (χ0n) is 15.3. The van der Waals surface area contributed by atoms with E-state index in [0.29, 0.717) is 10.9 Å². The second-order valence-electron chi connectivity index (χ2n) is 6.04. The summed E-state index contributed by atoms with van der Waals surface area (Å²) in [6, 6.07) is 18.2. The topological polar surface area (TPSA) is 66.9 Å². The molecule has 1 amide bonds. The molecule has 0 saturated carbocycles. The maximum Gasteiger partial charge on any atom is 0.230 e. The van der Waals surface area contributed by atoms with Gasteiger partial charge in [-0.05, 0) is 36.6 Å². The van der Waals surface area contributed by atoms with Crippen molar-refractivity contribution in [1.29, 1.82) is 0 Å². The lowest BCUT2D eigenvalue weighted by atomic mass is 10.1. The average Bonchev–Trinajstić information content (AvgIpc) is 3.14. The first-order valence-corrected chi connectivity index (χ1v) is 10.6. The Kier molecular flexibility index (Phi) is 6.84. The van der Waals surface area contributed by atoms with Crippen LogP contribution in [0.5, 0.6) is 0 Å². The average molecular weight is 399 g/mol. The van der Waals surface area contributed by atoms with E-state index in [1.165, 1.54) is 28.7 Å². The Morgan fingerprint density at radius 2 is 1.85 bits per heavy atom. The van der Waals surface area contributed by atoms with Gasteiger partial charge in [0.05, 0.1) is 11.8 Å². The quantitative estimate of drug-likeness (QED) is 0.533. The van der Waals surface area contributed by atoms with Gasteiger partial charge in [0.2, 0.25) is 11.0 Å². The fourth-order valence-corrected chi connectivity index (χ4v) is 4.08. The SMILES string of the molecule is CCc1ccc([C@H](C)NC(=O)CSc2nnc(Nc3ccccc3)s2)cc1. The Morgan fingerprint density at radius 1 is 1.11 bits per heavy atom. The fraction of sp³-hybridized carbons (Fsp3) is 0.250. The highest BCUT2D eigenvalue weighted by Gasteiger charge is 2.12. The second-order valence-corrected chi connectivity index (χ2v) is 8.24. The van der Waals surface area contributed by atoms with Crippen LogP contribution >= 0.6 is 23.1 Å². The van der Waals surface area contributed by atoms with Crippen molar-refractivity contribution in [1.82, 2.24) is 15.5 Å². The largest absolute Gasteiger partial charge is 0.349 e. The smallest absolute Gasteiger partial charge is 0.230 e. The molecule has 0 radical (unpaired) electrons. The number of carbonyl (C=O) groups is 1. The molecule has 0 aliphatic rings. The third kappa shape index (κ3) is 5.80. The molecule has 1 heterocycles. The van der Waals surface area contributed by atoms with Gasteiger partial charge in [0.25, 0.3) is 0 Å². The number of aryl methyl sites for hydroxylation is 1. The lowest BCUT2D eigenvalue weighted by molar-refractivity contribution is -0.119. The second kappa shape index (κ2) is 9.53. The number of thioether (sulfide) groups is 1. The zero-order chi connectivity index (χ0) is 19.1. The van der Waals surface area contributed by atoms with E-state index >= 15 is 0 Å². The maximum absolute atomic E-state index is 12.2. The molecule has 0 unspecified atom stereocenters. The Morgan fingerprint density at radius 3 is 2.56 bits per heavy atom. The van der Waals surface area contributed by atoms with Crippen molar-refractivity contribution in [3.8, 4) is 0 Å². The molecule has 1 atom stereocenters. The first-order valence-electron chi connectivity index (χ1n) is 8.80. The summed E-state index contributed by atoms with van der Waals surface area (Å²) in [5.41, 5.74) is 3.37. The van der Waals surface area contributed by atoms with Crippen LogP contribution in [0.1, 0.15) is 31.0 Å². The Bertz CT molecular complexity index is 865. The molecule has 3 aromatic rings. The van der Waals surface area contributed by atoms with Gasteiger partial charge in [-0.25, -0.2) is 0 Å². The Balaban J connectivity index is 1.47. The molecule has 3 rings (SSSR count). The summed E-state index contributed by atoms with van der Waals surface area (Å²) in [5.74, 6) is 0.303. The molecular weight excluding hydrogens is 376 g/mol. The number of hydrogen-bond acceptors (Lipinski definition) is 6. The Hall–Kier alpha value is -2.38. The number of rotatable bonds is 8. The van der Waals surface area contributed by atoms with E-state index in [2.05, 4.69) is 52.0 Å². The van der Waals surface area contributed by atoms with Crippen LogP contribution in [0.3, 0.4) is 0 Å². The first-order chi connectivity index (χ1) is 13.1. The van der Waals surface area contributed by atoms with Crippen LogP contribution < -0.4 is 10.6 Å². The molecule has 0 spiro atoms. The van der Waals surface area contributed by atoms with Gasteiger partial charge in [-0.15, -0.1) is 10.2 Å². The van der Waals surface area contributed by atoms with Crippen LogP contribution in [0.4, 0.5) is 10.8 Å². The third-order valence-corrected chi connectivity index (χ3v) is 6.00. The summed E-state index contributed by atoms with van der Waals surface area (Å²) in [5, 5.41) is 15.2. The molecule has 5 nitrogen and oxygen atoms in total. The van der Waals surface area contributed by atoms with E-state index in [4.69, 9.17) is 0 Å². The predicted molar refractivity (Wildman–Crippen MR) is 113 cm³/mol. The van der Waals surface area contributed by atoms with Crippen LogP contribution in [0.15, 0.2) is 58.9 Å². The highest BCUT2D eigenvalue weighted by Crippen LogP contribution is 2.27. The number of benzene rings is 2. The highest BCUT2D eigenvalue weighted by atomic mass is 32.2. The van der Waals surface area contributed by atoms with E-state index in [-0.39, 0.29) is 11.9 Å². The minimum Gasteiger partial charge on any atom is -0.349 e. The van der Waals surface area contributed by atoms with Crippen molar-refractivity contribution in [3.63, 3.8) is 0 Å². The molecule has 0 bridgehead atoms. The fourth-order valence-electron chi connectivity index (χ4n) is 2.50. The Labute approximate surface area is 167 Å². The summed E-state index contributed by atoms with van der Waals surface area (Å²) < 4.78 is 0.767. The van der Waals surface area contributed by atoms with E-state index < -0.39 is 0 Å². The van der Waals surface area contributed by atoms with Crippen LogP contribution in [-0.4, -0.2) is 21.9 Å². The number of nitrogens with one attached hydrogen (secondary N) is 2. The van der Waals surface area contributed by atoms with Gasteiger partial charge in [-0.3, -0.25) is 4.79 Å². The molecule has 140 valence electrons. The molecular formula is C20H22N4OS2. The van der Waals surface area contributed by atoms with Gasteiger partial charge in [-0.2, -0.15) is 0 Å². The van der Waals surface area contributed by atoms with E-state index in [0.717, 1.165) is 22.0 Å². The minimum atomic E-state index is -0.0197. The summed E-state index contributed by atoms with van der Waals surface area (Å²) in [6.45, 7) is 4.13. The van der Waals surface area contributed by atoms with Gasteiger partial charge < -0.3 is 10.6 Å². The monoisotopic (exact) mass is 398 g/mol. The van der Waals surface area contributed by atoms with Crippen LogP contribution in [0.2, 0.25) is 0 Å². The van der Waals surface area contributed by atoms with Crippen LogP contribution in [0, 0.1) is 0 Å². The van der Waals surface area contributed by atoms with Gasteiger partial charge in [0.15, 0.2) is 4.34 Å². The molecule has 0 fully saturated rings. The van der Waals surface area contributed by atoms with Crippen molar-refractivity contribution in [2.45, 2.75) is 30.6 Å². The molecule has 7 heteroatoms. The summed E-state index contributed by atoms with van der Waals surface area (Å²) in [7, 11) is 0. The van der Waals surface area contributed by atoms with E-state index in [9.17, 15) is 4.79 Å². The standard InChI is InChI=1S/C20H22N4OS2/c1-3-15-9-11-16(12-10-15)14(2)21-18(25)13-26-20-24-23-19(27-20)22-17-7-5-4-6-8-17/h4-12,14H,3,13H2,1-2H3,(H,21,25)(H,22,23)/t14-/m0/s1. The van der Waals surface area contributed by atoms with Crippen LogP contribution in [0.25, 0.3) is 0 Å². The lowest BCUT2D eigenvalue weighted by Gasteiger charge is -2.14. The van der Waals surface area contributed by atoms with Gasteiger partial charge >= 0.3 is 0 Å². The van der Waals surface area contributed by atoms with Gasteiger partial charge in [0.1, 0.15) is 0 Å². The highest BCUT2D eigenvalue weighted by molar-refractivity contribution is 8.01. The number of nitrogens with zero attached hydrogens (tertiary/aromatic N) is 2. The third-order valence-electron chi connectivity index (χ3n) is 4.02. The molecule has 0 aliphatic carbocycles. The van der Waals surface area contributed by atoms with Crippen molar-refractivity contribution >= 4 is 39.8 Å². The zero-order valence-corrected chi connectivity index (χ0v) is 16.9. The number of anilines is 2. The molecule has 27 heavy (non-hydrogen) atoms. The van der Waals surface area contributed by atoms with Crippen molar-refractivity contribution in [2.24, 2.45) is 0 Å². The normalized spacial score (nSPS) is 11.8. The van der Waals surface area contributed by atoms with Crippen molar-refractivity contribution in [2.75, 3.05) is 11.1 Å². The molecule has 0 aliphatic heterocycles. The number of para-hydroxylation sites is 1. The molecule has 1 aromatic heterocycles. The van der Waals surface area contributed by atoms with Crippen molar-refractivity contribution in [3.05, 3.63) is 65.7 Å². The number of carbonyl (C=O) groups excluding carboxylic acids is 1. The van der Waals surface area contributed by atoms with E-state index in [1.54, 1.807) is 0 Å². The summed E-state index contributed by atoms with van der Waals surface area (Å²) in [6.07, 6.45) is 1.01. The van der Waals surface area contributed by atoms with E-state index in [1.807, 2.05) is 37.3 Å². The first kappa shape index (κ1) is 19.4. The lowest BCUT2D eigenvalue weighted by Crippen LogP contribution is -2.28. The molecule has 2 N–H and O–H groups in total. The molecule has 2 aromatic carbocycles. The summed E-state index contributed by atoms with van der Waals surface area (Å²) >= 11 is 2.83. The molecule has 0 saturated heterocycles. The van der Waals surface area contributed by atoms with Gasteiger partial charge in [-0.1, -0.05) is 72.5 Å². The number of aromatic nitrogens is 2. The van der Waals surface area contributed by atoms with Crippen LogP contribution in [-0.2, 0) is 11.2 Å². The predicted octanol–water partition coefficient (Wildman–Crippen LogP) is 4.81. The number of hydrogen-bond donors (Lipinski definition) is 2. The van der Waals surface area contributed by atoms with Gasteiger partial charge in [0, 0.05) is 5.69 Å². The number of amides is 1. The summed E-state index contributed by atoms with van der Waals surface area (Å²) in [4.78, 5) is 12.2.